The van der Waals surface area contributed by atoms with E-state index < -0.39 is 0 Å². The summed E-state index contributed by atoms with van der Waals surface area (Å²) < 4.78 is 13.6. The number of benzene rings is 1. The van der Waals surface area contributed by atoms with Crippen LogP contribution >= 0.6 is 0 Å². The summed E-state index contributed by atoms with van der Waals surface area (Å²) in [6.45, 7) is 1.43. The lowest BCUT2D eigenvalue weighted by Gasteiger charge is -2.32. The molecule has 1 saturated heterocycles. The highest BCUT2D eigenvalue weighted by Crippen LogP contribution is 2.28. The van der Waals surface area contributed by atoms with Gasteiger partial charge in [0.2, 0.25) is 5.91 Å². The molecule has 0 bridgehead atoms. The quantitative estimate of drug-likeness (QED) is 0.685. The number of pyridine rings is 2. The fourth-order valence-electron chi connectivity index (χ4n) is 3.70. The van der Waals surface area contributed by atoms with Gasteiger partial charge in [-0.15, -0.1) is 0 Å². The van der Waals surface area contributed by atoms with Crippen LogP contribution in [0.3, 0.4) is 0 Å². The van der Waals surface area contributed by atoms with E-state index in [1.54, 1.807) is 12.3 Å². The maximum atomic E-state index is 13.6. The van der Waals surface area contributed by atoms with Gasteiger partial charge < -0.3 is 4.90 Å². The fourth-order valence-corrected chi connectivity index (χ4v) is 3.70. The molecule has 4 nitrogen and oxygen atoms in total. The standard InChI is InChI=1S/C23H22FN3O/c24-19-8-3-6-17(14-19)21-10-4-11-22(26-21)18-7-5-13-27(16-18)23(28)15-20-9-1-2-12-25-20/h1-4,6,8-12,14,18H,5,7,13,15-16H2/t18-/m0/s1. The summed E-state index contributed by atoms with van der Waals surface area (Å²) in [4.78, 5) is 23.6. The summed E-state index contributed by atoms with van der Waals surface area (Å²) in [5.74, 6) is 0.0216. The minimum atomic E-state index is -0.270. The number of carbonyl (C=O) groups excluding carboxylic acids is 1. The summed E-state index contributed by atoms with van der Waals surface area (Å²) in [7, 11) is 0. The zero-order chi connectivity index (χ0) is 19.3. The van der Waals surface area contributed by atoms with Gasteiger partial charge in [0.25, 0.3) is 0 Å². The van der Waals surface area contributed by atoms with Crippen LogP contribution in [0.25, 0.3) is 11.3 Å². The normalized spacial score (nSPS) is 16.8. The number of piperidine rings is 1. The molecule has 0 N–H and O–H groups in total. The molecule has 1 atom stereocenters. The number of amides is 1. The molecule has 28 heavy (non-hydrogen) atoms. The Balaban J connectivity index is 1.49. The molecule has 4 rings (SSSR count). The lowest BCUT2D eigenvalue weighted by Crippen LogP contribution is -2.40. The molecule has 1 aromatic carbocycles. The average Bonchev–Trinajstić information content (AvgIpc) is 2.75. The van der Waals surface area contributed by atoms with Gasteiger partial charge >= 0.3 is 0 Å². The van der Waals surface area contributed by atoms with Crippen molar-refractivity contribution in [3.05, 3.63) is 84.1 Å². The van der Waals surface area contributed by atoms with E-state index in [1.807, 2.05) is 47.4 Å². The first-order chi connectivity index (χ1) is 13.7. The highest BCUT2D eigenvalue weighted by Gasteiger charge is 2.26. The molecule has 1 aliphatic rings. The first-order valence-corrected chi connectivity index (χ1v) is 9.59. The maximum Gasteiger partial charge on any atom is 0.228 e. The predicted octanol–water partition coefficient (Wildman–Crippen LogP) is 4.23. The van der Waals surface area contributed by atoms with Crippen molar-refractivity contribution in [2.45, 2.75) is 25.2 Å². The van der Waals surface area contributed by atoms with Crippen LogP contribution < -0.4 is 0 Å². The van der Waals surface area contributed by atoms with Crippen molar-refractivity contribution in [2.75, 3.05) is 13.1 Å². The number of nitrogens with zero attached hydrogens (tertiary/aromatic N) is 3. The third kappa shape index (κ3) is 4.25. The molecule has 142 valence electrons. The number of rotatable bonds is 4. The largest absolute Gasteiger partial charge is 0.342 e. The van der Waals surface area contributed by atoms with Gasteiger partial charge in [-0.1, -0.05) is 24.3 Å². The maximum absolute atomic E-state index is 13.6. The average molecular weight is 375 g/mol. The van der Waals surface area contributed by atoms with Crippen molar-refractivity contribution in [1.29, 1.82) is 0 Å². The van der Waals surface area contributed by atoms with Crippen LogP contribution in [0.2, 0.25) is 0 Å². The van der Waals surface area contributed by atoms with E-state index in [0.717, 1.165) is 42.0 Å². The van der Waals surface area contributed by atoms with Crippen LogP contribution in [0.4, 0.5) is 4.39 Å². The van der Waals surface area contributed by atoms with Crippen molar-refractivity contribution in [3.8, 4) is 11.3 Å². The summed E-state index contributed by atoms with van der Waals surface area (Å²) >= 11 is 0. The SMILES string of the molecule is O=C(Cc1ccccn1)N1CCC[C@H](c2cccc(-c3cccc(F)c3)n2)C1. The van der Waals surface area contributed by atoms with Crippen LogP contribution in [0.5, 0.6) is 0 Å². The van der Waals surface area contributed by atoms with E-state index in [-0.39, 0.29) is 17.6 Å². The van der Waals surface area contributed by atoms with Crippen LogP contribution in [0.1, 0.15) is 30.1 Å². The van der Waals surface area contributed by atoms with Gasteiger partial charge in [-0.3, -0.25) is 14.8 Å². The van der Waals surface area contributed by atoms with Crippen LogP contribution in [0.15, 0.2) is 66.9 Å². The minimum absolute atomic E-state index is 0.102. The third-order valence-corrected chi connectivity index (χ3v) is 5.14. The van der Waals surface area contributed by atoms with Gasteiger partial charge in [0.05, 0.1) is 12.1 Å². The van der Waals surface area contributed by atoms with E-state index >= 15 is 0 Å². The number of hydrogen-bond acceptors (Lipinski definition) is 3. The molecule has 1 aliphatic heterocycles. The van der Waals surface area contributed by atoms with Gasteiger partial charge in [0, 0.05) is 42.2 Å². The fraction of sp³-hybridized carbons (Fsp3) is 0.261. The Morgan fingerprint density at radius 3 is 2.82 bits per heavy atom. The highest BCUT2D eigenvalue weighted by molar-refractivity contribution is 5.78. The second kappa shape index (κ2) is 8.30. The lowest BCUT2D eigenvalue weighted by atomic mass is 9.93. The Hall–Kier alpha value is -3.08. The second-order valence-corrected chi connectivity index (χ2v) is 7.13. The molecule has 5 heteroatoms. The van der Waals surface area contributed by atoms with E-state index in [1.165, 1.54) is 12.1 Å². The number of halogens is 1. The van der Waals surface area contributed by atoms with E-state index in [2.05, 4.69) is 4.98 Å². The summed E-state index contributed by atoms with van der Waals surface area (Å²) in [6, 6.07) is 18.0. The number of carbonyl (C=O) groups is 1. The van der Waals surface area contributed by atoms with Crippen LogP contribution in [-0.4, -0.2) is 33.9 Å². The molecule has 2 aromatic heterocycles. The molecule has 0 unspecified atom stereocenters. The molecule has 1 fully saturated rings. The van der Waals surface area contributed by atoms with E-state index in [9.17, 15) is 9.18 Å². The minimum Gasteiger partial charge on any atom is -0.342 e. The monoisotopic (exact) mass is 375 g/mol. The van der Waals surface area contributed by atoms with Crippen LogP contribution in [-0.2, 0) is 11.2 Å². The van der Waals surface area contributed by atoms with Crippen LogP contribution in [0, 0.1) is 5.82 Å². The van der Waals surface area contributed by atoms with Crippen molar-refractivity contribution < 1.29 is 9.18 Å². The number of likely N-dealkylation sites (tertiary alicyclic amines) is 1. The zero-order valence-electron chi connectivity index (χ0n) is 15.6. The molecular weight excluding hydrogens is 353 g/mol. The summed E-state index contributed by atoms with van der Waals surface area (Å²) in [5.41, 5.74) is 3.27. The molecular formula is C23H22FN3O. The van der Waals surface area contributed by atoms with E-state index in [4.69, 9.17) is 4.98 Å². The second-order valence-electron chi connectivity index (χ2n) is 7.13. The summed E-state index contributed by atoms with van der Waals surface area (Å²) in [5, 5.41) is 0. The third-order valence-electron chi connectivity index (χ3n) is 5.14. The van der Waals surface area contributed by atoms with Crippen molar-refractivity contribution >= 4 is 5.91 Å². The molecule has 1 amide bonds. The molecule has 0 spiro atoms. The first-order valence-electron chi connectivity index (χ1n) is 9.59. The predicted molar refractivity (Wildman–Crippen MR) is 106 cm³/mol. The van der Waals surface area contributed by atoms with Gasteiger partial charge in [0.1, 0.15) is 5.82 Å². The zero-order valence-corrected chi connectivity index (χ0v) is 15.6. The Labute approximate surface area is 164 Å². The molecule has 0 radical (unpaired) electrons. The van der Waals surface area contributed by atoms with Gasteiger partial charge in [-0.05, 0) is 49.2 Å². The Morgan fingerprint density at radius 2 is 2.00 bits per heavy atom. The van der Waals surface area contributed by atoms with E-state index in [0.29, 0.717) is 13.0 Å². The smallest absolute Gasteiger partial charge is 0.228 e. The first kappa shape index (κ1) is 18.3. The van der Waals surface area contributed by atoms with Crippen molar-refractivity contribution in [1.82, 2.24) is 14.9 Å². The highest BCUT2D eigenvalue weighted by atomic mass is 19.1. The lowest BCUT2D eigenvalue weighted by molar-refractivity contribution is -0.131. The molecule has 3 heterocycles. The Kier molecular flexibility index (Phi) is 5.42. The molecule has 0 aliphatic carbocycles. The topological polar surface area (TPSA) is 46.1 Å². The van der Waals surface area contributed by atoms with Gasteiger partial charge in [0.15, 0.2) is 0 Å². The molecule has 0 saturated carbocycles. The summed E-state index contributed by atoms with van der Waals surface area (Å²) in [6.07, 6.45) is 3.98. The van der Waals surface area contributed by atoms with Gasteiger partial charge in [-0.25, -0.2) is 4.39 Å². The Bertz CT molecular complexity index is 961. The number of hydrogen-bond donors (Lipinski definition) is 0. The molecule has 3 aromatic rings. The van der Waals surface area contributed by atoms with Crippen molar-refractivity contribution in [2.24, 2.45) is 0 Å². The van der Waals surface area contributed by atoms with Crippen molar-refractivity contribution in [3.63, 3.8) is 0 Å². The Morgan fingerprint density at radius 1 is 1.11 bits per heavy atom. The van der Waals surface area contributed by atoms with Gasteiger partial charge in [-0.2, -0.15) is 0 Å². The number of aromatic nitrogens is 2.